The van der Waals surface area contributed by atoms with E-state index < -0.39 is 0 Å². The lowest BCUT2D eigenvalue weighted by molar-refractivity contribution is -0.115. The predicted octanol–water partition coefficient (Wildman–Crippen LogP) is 2.13. The molecule has 1 aliphatic heterocycles. The maximum Gasteiger partial charge on any atom is 0.239 e. The molecule has 30 heavy (non-hydrogen) atoms. The number of aromatic nitrogens is 4. The molecule has 1 aliphatic rings. The van der Waals surface area contributed by atoms with Gasteiger partial charge in [-0.1, -0.05) is 0 Å². The predicted molar refractivity (Wildman–Crippen MR) is 114 cm³/mol. The Bertz CT molecular complexity index is 1030. The van der Waals surface area contributed by atoms with Crippen molar-refractivity contribution in [2.75, 3.05) is 25.0 Å². The Morgan fingerprint density at radius 1 is 1.20 bits per heavy atom. The maximum absolute atomic E-state index is 12.5. The molecule has 0 unspecified atom stereocenters. The van der Waals surface area contributed by atoms with Gasteiger partial charge in [0.25, 0.3) is 0 Å². The van der Waals surface area contributed by atoms with Crippen molar-refractivity contribution in [3.63, 3.8) is 0 Å². The fourth-order valence-electron chi connectivity index (χ4n) is 3.58. The van der Waals surface area contributed by atoms with Crippen LogP contribution in [0.5, 0.6) is 0 Å². The molecule has 1 fully saturated rings. The number of aryl methyl sites for hydroxylation is 3. The molecule has 3 aromatic heterocycles. The molecule has 3 aromatic rings. The first-order valence-corrected chi connectivity index (χ1v) is 10.2. The van der Waals surface area contributed by atoms with Gasteiger partial charge in [-0.15, -0.1) is 0 Å². The van der Waals surface area contributed by atoms with E-state index in [0.29, 0.717) is 29.3 Å². The highest BCUT2D eigenvalue weighted by atomic mass is 16.3. The first-order chi connectivity index (χ1) is 14.5. The van der Waals surface area contributed by atoms with Crippen molar-refractivity contribution in [2.24, 2.45) is 0 Å². The number of furan rings is 1. The zero-order valence-corrected chi connectivity index (χ0v) is 17.5. The summed E-state index contributed by atoms with van der Waals surface area (Å²) >= 11 is 0. The van der Waals surface area contributed by atoms with Gasteiger partial charge in [-0.3, -0.25) is 4.79 Å². The van der Waals surface area contributed by atoms with E-state index in [-0.39, 0.29) is 12.5 Å². The van der Waals surface area contributed by atoms with Gasteiger partial charge < -0.3 is 20.4 Å². The van der Waals surface area contributed by atoms with E-state index in [0.717, 1.165) is 43.1 Å². The van der Waals surface area contributed by atoms with Crippen LogP contribution in [0.25, 0.3) is 17.4 Å². The summed E-state index contributed by atoms with van der Waals surface area (Å²) in [5.74, 6) is 2.54. The third kappa shape index (κ3) is 4.74. The Kier molecular flexibility index (Phi) is 5.91. The second kappa shape index (κ2) is 8.76. The third-order valence-corrected chi connectivity index (χ3v) is 5.06. The summed E-state index contributed by atoms with van der Waals surface area (Å²) in [6.07, 6.45) is 2.04. The fraction of sp³-hybridized carbons (Fsp3) is 0.429. The lowest BCUT2D eigenvalue weighted by Gasteiger charge is -2.23. The normalized spacial score (nSPS) is 14.8. The van der Waals surface area contributed by atoms with E-state index in [1.165, 1.54) is 0 Å². The van der Waals surface area contributed by atoms with Gasteiger partial charge in [0.1, 0.15) is 11.6 Å². The summed E-state index contributed by atoms with van der Waals surface area (Å²) in [4.78, 5) is 21.6. The summed E-state index contributed by atoms with van der Waals surface area (Å²) in [6, 6.07) is 7.73. The lowest BCUT2D eigenvalue weighted by Crippen LogP contribution is -2.43. The van der Waals surface area contributed by atoms with Gasteiger partial charge in [0.05, 0.1) is 12.2 Å². The van der Waals surface area contributed by atoms with Crippen LogP contribution in [0.15, 0.2) is 28.7 Å². The van der Waals surface area contributed by atoms with Gasteiger partial charge in [-0.2, -0.15) is 5.10 Å². The van der Waals surface area contributed by atoms with Gasteiger partial charge in [-0.25, -0.2) is 14.6 Å². The number of anilines is 1. The minimum atomic E-state index is -0.145. The Morgan fingerprint density at radius 2 is 2.00 bits per heavy atom. The smallest absolute Gasteiger partial charge is 0.239 e. The lowest BCUT2D eigenvalue weighted by atomic mass is 10.1. The van der Waals surface area contributed by atoms with Crippen LogP contribution in [0.2, 0.25) is 0 Å². The third-order valence-electron chi connectivity index (χ3n) is 5.06. The molecule has 4 rings (SSSR count). The Labute approximate surface area is 175 Å². The van der Waals surface area contributed by atoms with Crippen LogP contribution in [0.3, 0.4) is 0 Å². The molecule has 1 saturated heterocycles. The number of nitrogens with zero attached hydrogens (tertiary/aromatic N) is 4. The average molecular weight is 409 g/mol. The van der Waals surface area contributed by atoms with E-state index in [2.05, 4.69) is 31.0 Å². The van der Waals surface area contributed by atoms with E-state index in [4.69, 9.17) is 4.42 Å². The van der Waals surface area contributed by atoms with Crippen molar-refractivity contribution in [1.29, 1.82) is 0 Å². The van der Waals surface area contributed by atoms with Gasteiger partial charge in [0.15, 0.2) is 17.4 Å². The molecule has 0 radical (unpaired) electrons. The molecule has 1 amide bonds. The molecule has 0 spiro atoms. The van der Waals surface area contributed by atoms with E-state index in [1.807, 2.05) is 39.0 Å². The van der Waals surface area contributed by atoms with Crippen molar-refractivity contribution in [1.82, 2.24) is 30.4 Å². The van der Waals surface area contributed by atoms with Crippen LogP contribution in [0.1, 0.15) is 30.0 Å². The molecule has 3 N–H and O–H groups in total. The minimum absolute atomic E-state index is 0.145. The SMILES string of the molecule is Cc1cc(C)n(-c2cc(NC(=O)CNC3CCNCC3)nc(-c3ccc(C)o3)n2)n1. The molecule has 0 saturated carbocycles. The van der Waals surface area contributed by atoms with Crippen LogP contribution >= 0.6 is 0 Å². The maximum atomic E-state index is 12.5. The molecule has 0 aliphatic carbocycles. The summed E-state index contributed by atoms with van der Waals surface area (Å²) in [5, 5.41) is 14.0. The van der Waals surface area contributed by atoms with Crippen LogP contribution in [0.4, 0.5) is 5.82 Å². The second-order valence-corrected chi connectivity index (χ2v) is 7.64. The molecule has 0 bridgehead atoms. The first-order valence-electron chi connectivity index (χ1n) is 10.2. The molecular weight excluding hydrogens is 382 g/mol. The summed E-state index contributed by atoms with van der Waals surface area (Å²) in [7, 11) is 0. The molecule has 158 valence electrons. The van der Waals surface area contributed by atoms with Crippen molar-refractivity contribution in [3.8, 4) is 17.4 Å². The topological polar surface area (TPSA) is 110 Å². The summed E-state index contributed by atoms with van der Waals surface area (Å²) in [5.41, 5.74) is 1.83. The zero-order chi connectivity index (χ0) is 21.1. The number of carbonyl (C=O) groups excluding carboxylic acids is 1. The number of nitrogens with one attached hydrogen (secondary N) is 3. The summed E-state index contributed by atoms with van der Waals surface area (Å²) in [6.45, 7) is 7.94. The van der Waals surface area contributed by atoms with Gasteiger partial charge in [0.2, 0.25) is 5.91 Å². The highest BCUT2D eigenvalue weighted by Crippen LogP contribution is 2.22. The van der Waals surface area contributed by atoms with Gasteiger partial charge in [-0.05, 0) is 64.9 Å². The Balaban J connectivity index is 1.57. The van der Waals surface area contributed by atoms with E-state index in [1.54, 1.807) is 10.7 Å². The van der Waals surface area contributed by atoms with Crippen molar-refractivity contribution in [3.05, 3.63) is 41.4 Å². The van der Waals surface area contributed by atoms with Crippen LogP contribution in [0, 0.1) is 20.8 Å². The van der Waals surface area contributed by atoms with Crippen molar-refractivity contribution >= 4 is 11.7 Å². The van der Waals surface area contributed by atoms with Gasteiger partial charge in [0, 0.05) is 17.8 Å². The largest absolute Gasteiger partial charge is 0.458 e. The van der Waals surface area contributed by atoms with E-state index in [9.17, 15) is 4.79 Å². The number of hydrogen-bond donors (Lipinski definition) is 3. The highest BCUT2D eigenvalue weighted by Gasteiger charge is 2.17. The quantitative estimate of drug-likeness (QED) is 0.572. The Hall–Kier alpha value is -3.04. The van der Waals surface area contributed by atoms with Gasteiger partial charge >= 0.3 is 0 Å². The molecule has 0 atom stereocenters. The second-order valence-electron chi connectivity index (χ2n) is 7.64. The molecule has 9 nitrogen and oxygen atoms in total. The monoisotopic (exact) mass is 409 g/mol. The number of carbonyl (C=O) groups is 1. The Morgan fingerprint density at radius 3 is 2.67 bits per heavy atom. The molecule has 4 heterocycles. The molecular formula is C21H27N7O2. The summed E-state index contributed by atoms with van der Waals surface area (Å²) < 4.78 is 7.43. The fourth-order valence-corrected chi connectivity index (χ4v) is 3.58. The number of rotatable bonds is 6. The molecule has 0 aromatic carbocycles. The van der Waals surface area contributed by atoms with Crippen LogP contribution < -0.4 is 16.0 Å². The number of amides is 1. The first kappa shape index (κ1) is 20.2. The zero-order valence-electron chi connectivity index (χ0n) is 17.5. The van der Waals surface area contributed by atoms with Crippen molar-refractivity contribution in [2.45, 2.75) is 39.7 Å². The average Bonchev–Trinajstić information content (AvgIpc) is 3.31. The molecule has 9 heteroatoms. The highest BCUT2D eigenvalue weighted by molar-refractivity contribution is 5.91. The number of hydrogen-bond acceptors (Lipinski definition) is 7. The minimum Gasteiger partial charge on any atom is -0.458 e. The van der Waals surface area contributed by atoms with Crippen LogP contribution in [-0.4, -0.2) is 51.3 Å². The van der Waals surface area contributed by atoms with Crippen molar-refractivity contribution < 1.29 is 9.21 Å². The van der Waals surface area contributed by atoms with Crippen LogP contribution in [-0.2, 0) is 4.79 Å². The standard InChI is InChI=1S/C21H27N7O2/c1-13-10-14(2)28(27-13)19-11-18(25-21(26-19)17-5-4-15(3)30-17)24-20(29)12-23-16-6-8-22-9-7-16/h4-5,10-11,16,22-23H,6-9,12H2,1-3H3,(H,24,25,26,29). The van der Waals surface area contributed by atoms with E-state index >= 15 is 0 Å². The number of piperidine rings is 1.